The summed E-state index contributed by atoms with van der Waals surface area (Å²) in [4.78, 5) is 1.25. The fourth-order valence-corrected chi connectivity index (χ4v) is 2.86. The Morgan fingerprint density at radius 3 is 2.83 bits per heavy atom. The van der Waals surface area contributed by atoms with Gasteiger partial charge < -0.3 is 5.32 Å². The third-order valence-electron chi connectivity index (χ3n) is 2.77. The van der Waals surface area contributed by atoms with Crippen molar-refractivity contribution in [3.63, 3.8) is 0 Å². The minimum absolute atomic E-state index is 0.00841. The number of hydrogen-bond donors (Lipinski definition) is 1. The monoisotopic (exact) mass is 283 g/mol. The van der Waals surface area contributed by atoms with Crippen molar-refractivity contribution in [1.82, 2.24) is 5.32 Å². The van der Waals surface area contributed by atoms with Crippen LogP contribution in [0.5, 0.6) is 0 Å². The maximum absolute atomic E-state index is 13.9. The van der Waals surface area contributed by atoms with Gasteiger partial charge in [-0.2, -0.15) is 0 Å². The zero-order valence-electron chi connectivity index (χ0n) is 10.1. The number of nitrogens with one attached hydrogen (secondary N) is 1. The van der Waals surface area contributed by atoms with Gasteiger partial charge in [0, 0.05) is 27.9 Å². The van der Waals surface area contributed by atoms with Crippen LogP contribution in [0.3, 0.4) is 0 Å². The lowest BCUT2D eigenvalue weighted by atomic mass is 10.0. The minimum atomic E-state index is -0.245. The Hall–Kier alpha value is -0.900. The molecule has 0 amide bonds. The average Bonchev–Trinajstić information content (AvgIpc) is 2.81. The van der Waals surface area contributed by atoms with Crippen molar-refractivity contribution < 1.29 is 4.39 Å². The van der Waals surface area contributed by atoms with Gasteiger partial charge >= 0.3 is 0 Å². The van der Waals surface area contributed by atoms with Crippen LogP contribution in [0.1, 0.15) is 23.4 Å². The van der Waals surface area contributed by atoms with E-state index in [4.69, 9.17) is 11.6 Å². The summed E-state index contributed by atoms with van der Waals surface area (Å²) in [7, 11) is 0. The SMILES string of the molecule is CCNC(Cc1cccs1)c1ccc(Cl)cc1F. The summed E-state index contributed by atoms with van der Waals surface area (Å²) in [6, 6.07) is 8.95. The van der Waals surface area contributed by atoms with Crippen LogP contribution < -0.4 is 5.32 Å². The van der Waals surface area contributed by atoms with E-state index in [9.17, 15) is 4.39 Å². The number of rotatable bonds is 5. The van der Waals surface area contributed by atoms with E-state index in [0.29, 0.717) is 10.6 Å². The molecular weight excluding hydrogens is 269 g/mol. The van der Waals surface area contributed by atoms with Crippen LogP contribution >= 0.6 is 22.9 Å². The van der Waals surface area contributed by atoms with Gasteiger partial charge in [-0.05, 0) is 30.1 Å². The molecule has 0 fully saturated rings. The van der Waals surface area contributed by atoms with Crippen molar-refractivity contribution in [1.29, 1.82) is 0 Å². The zero-order chi connectivity index (χ0) is 13.0. The minimum Gasteiger partial charge on any atom is -0.310 e. The molecule has 0 spiro atoms. The van der Waals surface area contributed by atoms with Crippen molar-refractivity contribution in [2.24, 2.45) is 0 Å². The van der Waals surface area contributed by atoms with Crippen LogP contribution in [0.4, 0.5) is 4.39 Å². The fraction of sp³-hybridized carbons (Fsp3) is 0.286. The quantitative estimate of drug-likeness (QED) is 0.856. The van der Waals surface area contributed by atoms with Crippen molar-refractivity contribution in [2.45, 2.75) is 19.4 Å². The molecule has 1 atom stereocenters. The van der Waals surface area contributed by atoms with Gasteiger partial charge in [-0.1, -0.05) is 30.7 Å². The summed E-state index contributed by atoms with van der Waals surface area (Å²) in [6.07, 6.45) is 0.796. The van der Waals surface area contributed by atoms with Crippen molar-refractivity contribution >= 4 is 22.9 Å². The molecule has 0 radical (unpaired) electrons. The fourth-order valence-electron chi connectivity index (χ4n) is 1.95. The van der Waals surface area contributed by atoms with E-state index in [-0.39, 0.29) is 11.9 Å². The molecule has 1 aromatic carbocycles. The van der Waals surface area contributed by atoms with Crippen molar-refractivity contribution in [3.8, 4) is 0 Å². The first-order valence-electron chi connectivity index (χ1n) is 5.91. The van der Waals surface area contributed by atoms with Gasteiger partial charge in [0.25, 0.3) is 0 Å². The van der Waals surface area contributed by atoms with Gasteiger partial charge in [0.2, 0.25) is 0 Å². The van der Waals surface area contributed by atoms with E-state index in [1.54, 1.807) is 23.5 Å². The van der Waals surface area contributed by atoms with Crippen LogP contribution in [0, 0.1) is 5.82 Å². The topological polar surface area (TPSA) is 12.0 Å². The molecule has 1 N–H and O–H groups in total. The predicted molar refractivity (Wildman–Crippen MR) is 75.9 cm³/mol. The van der Waals surface area contributed by atoms with Crippen molar-refractivity contribution in [3.05, 3.63) is 57.0 Å². The molecule has 0 bridgehead atoms. The second kappa shape index (κ2) is 6.32. The van der Waals surface area contributed by atoms with E-state index in [2.05, 4.69) is 11.4 Å². The molecule has 0 aliphatic rings. The normalized spacial score (nSPS) is 12.6. The molecule has 1 nitrogen and oxygen atoms in total. The highest BCUT2D eigenvalue weighted by molar-refractivity contribution is 7.09. The Balaban J connectivity index is 2.23. The molecule has 0 aliphatic carbocycles. The molecular formula is C14H15ClFNS. The molecule has 0 saturated carbocycles. The second-order valence-corrected chi connectivity index (χ2v) is 5.53. The highest BCUT2D eigenvalue weighted by Gasteiger charge is 2.16. The van der Waals surface area contributed by atoms with Gasteiger partial charge in [-0.15, -0.1) is 11.3 Å². The van der Waals surface area contributed by atoms with Crippen LogP contribution in [-0.2, 0) is 6.42 Å². The molecule has 1 unspecified atom stereocenters. The first kappa shape index (κ1) is 13.5. The number of likely N-dealkylation sites (N-methyl/N-ethyl adjacent to an activating group) is 1. The van der Waals surface area contributed by atoms with Gasteiger partial charge in [-0.25, -0.2) is 4.39 Å². The van der Waals surface area contributed by atoms with Crippen molar-refractivity contribution in [2.75, 3.05) is 6.54 Å². The summed E-state index contributed by atoms with van der Waals surface area (Å²) in [5.74, 6) is -0.245. The lowest BCUT2D eigenvalue weighted by Gasteiger charge is -2.18. The number of halogens is 2. The van der Waals surface area contributed by atoms with Crippen LogP contribution in [0.25, 0.3) is 0 Å². The summed E-state index contributed by atoms with van der Waals surface area (Å²) in [5, 5.41) is 5.79. The third kappa shape index (κ3) is 3.31. The van der Waals surface area contributed by atoms with Crippen LogP contribution in [0.15, 0.2) is 35.7 Å². The largest absolute Gasteiger partial charge is 0.310 e. The van der Waals surface area contributed by atoms with E-state index in [1.807, 2.05) is 18.4 Å². The van der Waals surface area contributed by atoms with Gasteiger partial charge in [-0.3, -0.25) is 0 Å². The molecule has 0 saturated heterocycles. The number of benzene rings is 1. The lowest BCUT2D eigenvalue weighted by molar-refractivity contribution is 0.512. The Kier molecular flexibility index (Phi) is 4.75. The van der Waals surface area contributed by atoms with Crippen LogP contribution in [-0.4, -0.2) is 6.54 Å². The predicted octanol–water partition coefficient (Wildman–Crippen LogP) is 4.43. The molecule has 96 valence electrons. The zero-order valence-corrected chi connectivity index (χ0v) is 11.7. The van der Waals surface area contributed by atoms with E-state index in [0.717, 1.165) is 13.0 Å². The maximum atomic E-state index is 13.9. The number of thiophene rings is 1. The molecule has 18 heavy (non-hydrogen) atoms. The summed E-state index contributed by atoms with van der Waals surface area (Å²) in [5.41, 5.74) is 0.676. The summed E-state index contributed by atoms with van der Waals surface area (Å²) < 4.78 is 13.9. The molecule has 2 rings (SSSR count). The lowest BCUT2D eigenvalue weighted by Crippen LogP contribution is -2.23. The van der Waals surface area contributed by atoms with E-state index in [1.165, 1.54) is 10.9 Å². The Bertz CT molecular complexity index is 499. The van der Waals surface area contributed by atoms with Gasteiger partial charge in [0.1, 0.15) is 5.82 Å². The molecule has 1 aromatic heterocycles. The smallest absolute Gasteiger partial charge is 0.129 e. The highest BCUT2D eigenvalue weighted by atomic mass is 35.5. The summed E-state index contributed by atoms with van der Waals surface area (Å²) in [6.45, 7) is 2.83. The Morgan fingerprint density at radius 1 is 1.39 bits per heavy atom. The average molecular weight is 284 g/mol. The first-order valence-corrected chi connectivity index (χ1v) is 7.17. The van der Waals surface area contributed by atoms with Gasteiger partial charge in [0.15, 0.2) is 0 Å². The highest BCUT2D eigenvalue weighted by Crippen LogP contribution is 2.25. The second-order valence-electron chi connectivity index (χ2n) is 4.06. The molecule has 0 aliphatic heterocycles. The molecule has 4 heteroatoms. The molecule has 2 aromatic rings. The maximum Gasteiger partial charge on any atom is 0.129 e. The Morgan fingerprint density at radius 2 is 2.22 bits per heavy atom. The van der Waals surface area contributed by atoms with Crippen LogP contribution in [0.2, 0.25) is 5.02 Å². The summed E-state index contributed by atoms with van der Waals surface area (Å²) >= 11 is 7.48. The Labute approximate surface area is 116 Å². The standard InChI is InChI=1S/C14H15ClFNS/c1-2-17-14(9-11-4-3-7-18-11)12-6-5-10(15)8-13(12)16/h3-8,14,17H,2,9H2,1H3. The molecule has 1 heterocycles. The third-order valence-corrected chi connectivity index (χ3v) is 3.91. The first-order chi connectivity index (χ1) is 8.70. The number of hydrogen-bond acceptors (Lipinski definition) is 2. The van der Waals surface area contributed by atoms with E-state index >= 15 is 0 Å². The van der Waals surface area contributed by atoms with Gasteiger partial charge in [0.05, 0.1) is 0 Å². The van der Waals surface area contributed by atoms with E-state index < -0.39 is 0 Å².